The predicted molar refractivity (Wildman–Crippen MR) is 154 cm³/mol. The Bertz CT molecular complexity index is 1630. The number of carbonyl (C=O) groups is 2. The molecule has 2 heterocycles. The van der Waals surface area contributed by atoms with Crippen LogP contribution in [0.5, 0.6) is 5.75 Å². The van der Waals surface area contributed by atoms with Crippen LogP contribution in [0.4, 0.5) is 4.39 Å². The molecule has 1 saturated heterocycles. The summed E-state index contributed by atoms with van der Waals surface area (Å²) in [6, 6.07) is 21.3. The summed E-state index contributed by atoms with van der Waals surface area (Å²) in [4.78, 5) is 31.2. The van der Waals surface area contributed by atoms with Gasteiger partial charge >= 0.3 is 5.97 Å². The van der Waals surface area contributed by atoms with Gasteiger partial charge in [-0.2, -0.15) is 0 Å². The molecule has 39 heavy (non-hydrogen) atoms. The average Bonchev–Trinajstić information content (AvgIpc) is 3.19. The number of fused-ring (bicyclic) bond motifs is 1. The maximum absolute atomic E-state index is 13.9. The fourth-order valence-electron chi connectivity index (χ4n) is 4.13. The third-order valence-corrected chi connectivity index (χ3v) is 7.73. The number of pyridine rings is 1. The summed E-state index contributed by atoms with van der Waals surface area (Å²) < 4.78 is 19.9. The van der Waals surface area contributed by atoms with Crippen molar-refractivity contribution in [3.8, 4) is 5.75 Å². The number of rotatable bonds is 8. The van der Waals surface area contributed by atoms with Gasteiger partial charge in [-0.05, 0) is 42.0 Å². The number of carbonyl (C=O) groups excluding carboxylic acids is 1. The fraction of sp³-hybridized carbons (Fsp3) is 0.103. The van der Waals surface area contributed by atoms with Crippen molar-refractivity contribution < 1.29 is 23.8 Å². The molecule has 1 N–H and O–H groups in total. The van der Waals surface area contributed by atoms with E-state index in [2.05, 4.69) is 4.98 Å². The van der Waals surface area contributed by atoms with Gasteiger partial charge in [0.25, 0.3) is 5.91 Å². The minimum Gasteiger partial charge on any atom is -0.489 e. The second kappa shape index (κ2) is 11.5. The van der Waals surface area contributed by atoms with Crippen LogP contribution < -0.4 is 4.74 Å². The highest BCUT2D eigenvalue weighted by Gasteiger charge is 2.40. The third-order valence-electron chi connectivity index (χ3n) is 6.10. The number of carboxylic acids is 1. The number of thiocarbonyl (C=S) groups is 1. The molecule has 6 nitrogen and oxygen atoms in total. The van der Waals surface area contributed by atoms with Crippen molar-refractivity contribution in [2.45, 2.75) is 19.1 Å². The van der Waals surface area contributed by atoms with Gasteiger partial charge in [0, 0.05) is 22.9 Å². The number of benzene rings is 3. The van der Waals surface area contributed by atoms with E-state index in [9.17, 15) is 19.1 Å². The molecule has 1 amide bonds. The molecule has 0 aliphatic carbocycles. The van der Waals surface area contributed by atoms with E-state index in [-0.39, 0.29) is 33.2 Å². The normalized spacial score (nSPS) is 15.2. The Morgan fingerprint density at radius 2 is 1.87 bits per heavy atom. The molecule has 0 spiro atoms. The number of hydrogen-bond donors (Lipinski definition) is 1. The second-order valence-corrected chi connectivity index (χ2v) is 10.7. The maximum atomic E-state index is 13.9. The molecule has 196 valence electrons. The molecule has 0 unspecified atom stereocenters. The van der Waals surface area contributed by atoms with E-state index in [0.29, 0.717) is 27.8 Å². The van der Waals surface area contributed by atoms with E-state index in [1.54, 1.807) is 60.7 Å². The van der Waals surface area contributed by atoms with Gasteiger partial charge in [-0.15, -0.1) is 0 Å². The maximum Gasteiger partial charge on any atom is 0.327 e. The number of thioether (sulfide) groups is 1. The Morgan fingerprint density at radius 1 is 1.13 bits per heavy atom. The zero-order valence-electron chi connectivity index (χ0n) is 20.2. The number of hydrogen-bond acceptors (Lipinski definition) is 6. The monoisotopic (exact) mass is 578 g/mol. The molecule has 0 radical (unpaired) electrons. The van der Waals surface area contributed by atoms with Gasteiger partial charge < -0.3 is 9.84 Å². The fourth-order valence-corrected chi connectivity index (χ4v) is 5.68. The van der Waals surface area contributed by atoms with E-state index >= 15 is 0 Å². The number of nitrogens with zero attached hydrogens (tertiary/aromatic N) is 2. The van der Waals surface area contributed by atoms with Gasteiger partial charge in [-0.25, -0.2) is 14.2 Å². The first-order chi connectivity index (χ1) is 18.8. The highest BCUT2D eigenvalue weighted by Crippen LogP contribution is 2.36. The number of aromatic nitrogens is 1. The molecule has 1 aliphatic rings. The van der Waals surface area contributed by atoms with Crippen LogP contribution in [0.1, 0.15) is 16.7 Å². The Hall–Kier alpha value is -3.79. The number of ether oxygens (including phenoxy) is 1. The lowest BCUT2D eigenvalue weighted by atomic mass is 10.0. The van der Waals surface area contributed by atoms with Crippen molar-refractivity contribution >= 4 is 68.8 Å². The van der Waals surface area contributed by atoms with Crippen molar-refractivity contribution in [1.29, 1.82) is 0 Å². The summed E-state index contributed by atoms with van der Waals surface area (Å²) >= 11 is 12.8. The van der Waals surface area contributed by atoms with Crippen LogP contribution >= 0.6 is 35.6 Å². The van der Waals surface area contributed by atoms with Crippen molar-refractivity contribution in [2.75, 3.05) is 0 Å². The summed E-state index contributed by atoms with van der Waals surface area (Å²) in [5.41, 5.74) is 2.28. The van der Waals surface area contributed by atoms with Crippen LogP contribution in [0.3, 0.4) is 0 Å². The average molecular weight is 579 g/mol. The summed E-state index contributed by atoms with van der Waals surface area (Å²) in [5, 5.41) is 10.7. The minimum atomic E-state index is -1.15. The lowest BCUT2D eigenvalue weighted by molar-refractivity contribution is -0.145. The van der Waals surface area contributed by atoms with E-state index in [0.717, 1.165) is 22.2 Å². The molecule has 1 aliphatic heterocycles. The molecule has 0 bridgehead atoms. The molecular weight excluding hydrogens is 559 g/mol. The van der Waals surface area contributed by atoms with Crippen LogP contribution in [0.15, 0.2) is 83.8 Å². The molecule has 10 heteroatoms. The number of carboxylic acid groups (broad SMARTS) is 1. The smallest absolute Gasteiger partial charge is 0.327 e. The predicted octanol–water partition coefficient (Wildman–Crippen LogP) is 6.50. The van der Waals surface area contributed by atoms with Gasteiger partial charge in [-0.1, -0.05) is 84.1 Å². The largest absolute Gasteiger partial charge is 0.489 e. The molecule has 1 atom stereocenters. The molecule has 1 aromatic heterocycles. The highest BCUT2D eigenvalue weighted by atomic mass is 35.5. The number of aliphatic carboxylic acids is 1. The van der Waals surface area contributed by atoms with Crippen LogP contribution in [-0.2, 0) is 22.6 Å². The van der Waals surface area contributed by atoms with Gasteiger partial charge in [0.1, 0.15) is 33.7 Å². The first-order valence-electron chi connectivity index (χ1n) is 11.8. The van der Waals surface area contributed by atoms with Gasteiger partial charge in [0.05, 0.1) is 10.4 Å². The van der Waals surface area contributed by atoms with Gasteiger partial charge in [0.2, 0.25) is 0 Å². The lowest BCUT2D eigenvalue weighted by Gasteiger charge is -2.23. The number of amides is 1. The topological polar surface area (TPSA) is 79.7 Å². The van der Waals surface area contributed by atoms with E-state index in [1.165, 1.54) is 6.07 Å². The Morgan fingerprint density at radius 3 is 2.62 bits per heavy atom. The standard InChI is InChI=1S/C29H20ClFN2O4S2/c30-26-20(13-19-14-21(10-11-23(19)32-26)37-16-18-8-4-5-9-22(18)31)15-25-27(34)33(29(38)39-25)24(28(35)36)12-17-6-2-1-3-7-17/h1-11,13-15,24H,12,16H2,(H,35,36)/b25-15-/t24-/m0/s1. The van der Waals surface area contributed by atoms with E-state index in [1.807, 2.05) is 18.2 Å². The van der Waals surface area contributed by atoms with Crippen LogP contribution in [0, 0.1) is 5.82 Å². The molecular formula is C29H20ClFN2O4S2. The summed E-state index contributed by atoms with van der Waals surface area (Å²) in [5.74, 6) is -1.49. The van der Waals surface area contributed by atoms with Crippen molar-refractivity contribution in [3.63, 3.8) is 0 Å². The minimum absolute atomic E-state index is 0.0578. The molecule has 5 rings (SSSR count). The van der Waals surface area contributed by atoms with Gasteiger partial charge in [0.15, 0.2) is 0 Å². The Labute approximate surface area is 238 Å². The lowest BCUT2D eigenvalue weighted by Crippen LogP contribution is -2.45. The zero-order chi connectivity index (χ0) is 27.5. The molecule has 3 aromatic carbocycles. The van der Waals surface area contributed by atoms with E-state index < -0.39 is 17.9 Å². The SMILES string of the molecule is O=C(O)[C@H](Cc1ccccc1)N1C(=O)/C(=C/c2cc3cc(OCc4ccccc4F)ccc3nc2Cl)SC1=S. The zero-order valence-corrected chi connectivity index (χ0v) is 22.6. The van der Waals surface area contributed by atoms with Crippen molar-refractivity contribution in [1.82, 2.24) is 9.88 Å². The van der Waals surface area contributed by atoms with Crippen LogP contribution in [-0.4, -0.2) is 37.2 Å². The second-order valence-electron chi connectivity index (χ2n) is 8.70. The van der Waals surface area contributed by atoms with Crippen molar-refractivity contribution in [3.05, 3.63) is 111 Å². The highest BCUT2D eigenvalue weighted by molar-refractivity contribution is 8.26. The summed E-state index contributed by atoms with van der Waals surface area (Å²) in [6.45, 7) is 0.0578. The molecule has 0 saturated carbocycles. The van der Waals surface area contributed by atoms with Gasteiger partial charge in [-0.3, -0.25) is 9.69 Å². The molecule has 1 fully saturated rings. The van der Waals surface area contributed by atoms with Crippen molar-refractivity contribution in [2.24, 2.45) is 0 Å². The Balaban J connectivity index is 1.40. The van der Waals surface area contributed by atoms with Crippen LogP contribution in [0.25, 0.3) is 17.0 Å². The summed E-state index contributed by atoms with van der Waals surface area (Å²) in [7, 11) is 0. The first kappa shape index (κ1) is 26.8. The first-order valence-corrected chi connectivity index (χ1v) is 13.4. The summed E-state index contributed by atoms with van der Waals surface area (Å²) in [6.07, 6.45) is 1.67. The van der Waals surface area contributed by atoms with E-state index in [4.69, 9.17) is 28.6 Å². The third kappa shape index (κ3) is 5.95. The quantitative estimate of drug-likeness (QED) is 0.145. The Kier molecular flexibility index (Phi) is 7.92. The van der Waals surface area contributed by atoms with Crippen LogP contribution in [0.2, 0.25) is 5.15 Å². The molecule has 4 aromatic rings. The number of halogens is 2.